The lowest BCUT2D eigenvalue weighted by atomic mass is 10.4. The van der Waals surface area contributed by atoms with Crippen LogP contribution < -0.4 is 0 Å². The summed E-state index contributed by atoms with van der Waals surface area (Å²) in [6, 6.07) is 0. The highest BCUT2D eigenvalue weighted by Gasteiger charge is 2.16. The Labute approximate surface area is 107 Å². The van der Waals surface area contributed by atoms with Crippen molar-refractivity contribution < 1.29 is 4.92 Å². The number of hydrogen-bond acceptors (Lipinski definition) is 6. The highest BCUT2D eigenvalue weighted by Crippen LogP contribution is 2.17. The van der Waals surface area contributed by atoms with Gasteiger partial charge in [0.2, 0.25) is 5.82 Å². The standard InChI is InChI=1S/C10H11N5O2S/c1-3-14-8(11-6-10(14)15(16)17)4-5-9-13-12-7(2)18-9/h4-6H,3H2,1-2H3/b5-4+. The second-order valence-electron chi connectivity index (χ2n) is 3.47. The van der Waals surface area contributed by atoms with E-state index in [4.69, 9.17) is 0 Å². The zero-order chi connectivity index (χ0) is 13.1. The van der Waals surface area contributed by atoms with Gasteiger partial charge in [0.05, 0.1) is 6.54 Å². The fourth-order valence-electron chi connectivity index (χ4n) is 1.51. The topological polar surface area (TPSA) is 86.7 Å². The monoisotopic (exact) mass is 265 g/mol. The molecule has 0 aliphatic heterocycles. The maximum Gasteiger partial charge on any atom is 0.343 e. The molecule has 0 amide bonds. The van der Waals surface area contributed by atoms with E-state index in [1.165, 1.54) is 22.1 Å². The molecule has 2 aromatic heterocycles. The molecule has 0 unspecified atom stereocenters. The summed E-state index contributed by atoms with van der Waals surface area (Å²) in [5.74, 6) is 0.530. The fourth-order valence-corrected chi connectivity index (χ4v) is 2.11. The first-order chi connectivity index (χ1) is 8.61. The molecule has 94 valence electrons. The molecule has 2 rings (SSSR count). The minimum Gasteiger partial charge on any atom is -0.358 e. The lowest BCUT2D eigenvalue weighted by Gasteiger charge is -1.97. The Hall–Kier alpha value is -2.09. The third-order valence-electron chi connectivity index (χ3n) is 2.29. The van der Waals surface area contributed by atoms with Gasteiger partial charge < -0.3 is 10.1 Å². The summed E-state index contributed by atoms with van der Waals surface area (Å²) in [7, 11) is 0. The van der Waals surface area contributed by atoms with Gasteiger partial charge in [-0.05, 0) is 24.8 Å². The van der Waals surface area contributed by atoms with Gasteiger partial charge in [-0.2, -0.15) is 0 Å². The van der Waals surface area contributed by atoms with Crippen LogP contribution in [0.1, 0.15) is 22.8 Å². The Morgan fingerprint density at radius 2 is 2.28 bits per heavy atom. The molecule has 0 fully saturated rings. The van der Waals surface area contributed by atoms with Gasteiger partial charge in [0.15, 0.2) is 0 Å². The molecule has 0 bridgehead atoms. The third-order valence-corrected chi connectivity index (χ3v) is 3.09. The van der Waals surface area contributed by atoms with Crippen LogP contribution >= 0.6 is 11.3 Å². The fraction of sp³-hybridized carbons (Fsp3) is 0.300. The van der Waals surface area contributed by atoms with Gasteiger partial charge in [-0.3, -0.25) is 0 Å². The van der Waals surface area contributed by atoms with Gasteiger partial charge in [-0.25, -0.2) is 9.55 Å². The van der Waals surface area contributed by atoms with Crippen molar-refractivity contribution in [2.45, 2.75) is 20.4 Å². The van der Waals surface area contributed by atoms with Crippen LogP contribution in [0.15, 0.2) is 6.20 Å². The minimum atomic E-state index is -0.442. The van der Waals surface area contributed by atoms with Crippen LogP contribution in [-0.2, 0) is 6.54 Å². The van der Waals surface area contributed by atoms with Crippen LogP contribution in [0.25, 0.3) is 12.2 Å². The van der Waals surface area contributed by atoms with Gasteiger partial charge in [-0.1, -0.05) is 11.3 Å². The lowest BCUT2D eigenvalue weighted by Crippen LogP contribution is -2.02. The Morgan fingerprint density at radius 1 is 1.50 bits per heavy atom. The van der Waals surface area contributed by atoms with Crippen LogP contribution in [0, 0.1) is 17.0 Å². The number of imidazole rings is 1. The number of nitro groups is 1. The Kier molecular flexibility index (Phi) is 3.47. The van der Waals surface area contributed by atoms with Crippen LogP contribution in [0.3, 0.4) is 0 Å². The molecule has 0 atom stereocenters. The SMILES string of the molecule is CCn1c([N+](=O)[O-])cnc1/C=C/c1nnc(C)s1. The van der Waals surface area contributed by atoms with Gasteiger partial charge in [0, 0.05) is 6.08 Å². The van der Waals surface area contributed by atoms with Crippen molar-refractivity contribution in [2.24, 2.45) is 0 Å². The second-order valence-corrected chi connectivity index (χ2v) is 4.68. The van der Waals surface area contributed by atoms with E-state index in [-0.39, 0.29) is 5.82 Å². The van der Waals surface area contributed by atoms with E-state index in [0.717, 1.165) is 10.0 Å². The number of hydrogen-bond donors (Lipinski definition) is 0. The molecule has 0 aromatic carbocycles. The highest BCUT2D eigenvalue weighted by molar-refractivity contribution is 7.12. The first kappa shape index (κ1) is 12.4. The summed E-state index contributed by atoms with van der Waals surface area (Å²) in [6.45, 7) is 4.19. The van der Waals surface area contributed by atoms with Crippen LogP contribution in [0.4, 0.5) is 5.82 Å². The van der Waals surface area contributed by atoms with E-state index in [1.54, 1.807) is 12.2 Å². The van der Waals surface area contributed by atoms with Gasteiger partial charge >= 0.3 is 5.82 Å². The summed E-state index contributed by atoms with van der Waals surface area (Å²) in [6.07, 6.45) is 4.72. The second kappa shape index (κ2) is 5.05. The molecular formula is C10H11N5O2S. The molecule has 18 heavy (non-hydrogen) atoms. The summed E-state index contributed by atoms with van der Waals surface area (Å²) < 4.78 is 1.53. The van der Waals surface area contributed by atoms with Crippen molar-refractivity contribution in [1.29, 1.82) is 0 Å². The van der Waals surface area contributed by atoms with Gasteiger partial charge in [-0.15, -0.1) is 10.2 Å². The van der Waals surface area contributed by atoms with E-state index in [1.807, 2.05) is 13.8 Å². The number of rotatable bonds is 4. The van der Waals surface area contributed by atoms with E-state index in [9.17, 15) is 10.1 Å². The molecule has 0 aliphatic rings. The summed E-state index contributed by atoms with van der Waals surface area (Å²) in [5.41, 5.74) is 0. The van der Waals surface area contributed by atoms with Crippen molar-refractivity contribution in [2.75, 3.05) is 0 Å². The van der Waals surface area contributed by atoms with E-state index in [0.29, 0.717) is 12.4 Å². The van der Waals surface area contributed by atoms with Crippen LogP contribution in [-0.4, -0.2) is 24.7 Å². The maximum atomic E-state index is 10.8. The molecule has 0 spiro atoms. The first-order valence-electron chi connectivity index (χ1n) is 5.30. The highest BCUT2D eigenvalue weighted by atomic mass is 32.1. The quantitative estimate of drug-likeness (QED) is 0.624. The van der Waals surface area contributed by atoms with Crippen molar-refractivity contribution in [3.05, 3.63) is 32.2 Å². The van der Waals surface area contributed by atoms with E-state index >= 15 is 0 Å². The molecule has 2 aromatic rings. The zero-order valence-electron chi connectivity index (χ0n) is 9.90. The normalized spacial score (nSPS) is 11.2. The maximum absolute atomic E-state index is 10.8. The van der Waals surface area contributed by atoms with Crippen molar-refractivity contribution >= 4 is 29.3 Å². The average molecular weight is 265 g/mol. The van der Waals surface area contributed by atoms with Crippen molar-refractivity contribution in [3.63, 3.8) is 0 Å². The van der Waals surface area contributed by atoms with Gasteiger partial charge in [0.25, 0.3) is 0 Å². The van der Waals surface area contributed by atoms with Crippen LogP contribution in [0.2, 0.25) is 0 Å². The number of nitrogens with zero attached hydrogens (tertiary/aromatic N) is 5. The van der Waals surface area contributed by atoms with Gasteiger partial charge in [0.1, 0.15) is 16.2 Å². The molecule has 0 saturated heterocycles. The number of aryl methyl sites for hydroxylation is 1. The largest absolute Gasteiger partial charge is 0.358 e. The summed E-state index contributed by atoms with van der Waals surface area (Å²) in [5, 5.41) is 20.2. The molecule has 0 saturated carbocycles. The Bertz CT molecular complexity index is 601. The average Bonchev–Trinajstić information content (AvgIpc) is 2.91. The van der Waals surface area contributed by atoms with E-state index in [2.05, 4.69) is 15.2 Å². The molecule has 0 N–H and O–H groups in total. The predicted molar refractivity (Wildman–Crippen MR) is 68.1 cm³/mol. The Balaban J connectivity index is 2.29. The Morgan fingerprint density at radius 3 is 2.83 bits per heavy atom. The molecule has 2 heterocycles. The lowest BCUT2D eigenvalue weighted by molar-refractivity contribution is -0.392. The third kappa shape index (κ3) is 2.43. The zero-order valence-corrected chi connectivity index (χ0v) is 10.7. The van der Waals surface area contributed by atoms with Crippen molar-refractivity contribution in [1.82, 2.24) is 19.7 Å². The molecular weight excluding hydrogens is 254 g/mol. The molecule has 8 heteroatoms. The summed E-state index contributed by atoms with van der Waals surface area (Å²) >= 11 is 1.45. The van der Waals surface area contributed by atoms with E-state index < -0.39 is 4.92 Å². The molecule has 7 nitrogen and oxygen atoms in total. The number of aromatic nitrogens is 4. The molecule has 0 radical (unpaired) electrons. The summed E-state index contributed by atoms with van der Waals surface area (Å²) in [4.78, 5) is 14.4. The first-order valence-corrected chi connectivity index (χ1v) is 6.11. The molecule has 0 aliphatic carbocycles. The van der Waals surface area contributed by atoms with Crippen LogP contribution in [0.5, 0.6) is 0 Å². The minimum absolute atomic E-state index is 0.00871. The van der Waals surface area contributed by atoms with Crippen molar-refractivity contribution in [3.8, 4) is 0 Å². The predicted octanol–water partition coefficient (Wildman–Crippen LogP) is 2.14. The smallest absolute Gasteiger partial charge is 0.343 e.